The Morgan fingerprint density at radius 1 is 1.02 bits per heavy atom. The van der Waals surface area contributed by atoms with Crippen LogP contribution in [0.5, 0.6) is 11.5 Å². The van der Waals surface area contributed by atoms with Crippen LogP contribution >= 0.6 is 0 Å². The minimum absolute atomic E-state index is 0.0298. The molecule has 0 radical (unpaired) electrons. The summed E-state index contributed by atoms with van der Waals surface area (Å²) in [5, 5.41) is 13.2. The van der Waals surface area contributed by atoms with Gasteiger partial charge in [-0.05, 0) is 67.9 Å². The van der Waals surface area contributed by atoms with Gasteiger partial charge in [0.1, 0.15) is 34.9 Å². The van der Waals surface area contributed by atoms with Gasteiger partial charge >= 0.3 is 0 Å². The minimum atomic E-state index is -0.0298. The zero-order valence-electron chi connectivity index (χ0n) is 23.9. The Labute approximate surface area is 245 Å². The second-order valence-electron chi connectivity index (χ2n) is 10.7. The number of hydrogen-bond donors (Lipinski definition) is 1. The van der Waals surface area contributed by atoms with E-state index in [2.05, 4.69) is 16.4 Å². The van der Waals surface area contributed by atoms with Crippen LogP contribution in [0.25, 0.3) is 33.6 Å². The molecule has 4 heterocycles. The maximum Gasteiger partial charge on any atom is 0.253 e. The van der Waals surface area contributed by atoms with E-state index < -0.39 is 0 Å². The molecule has 216 valence electrons. The number of aromatic nitrogens is 1. The van der Waals surface area contributed by atoms with E-state index in [0.717, 1.165) is 55.5 Å². The lowest BCUT2D eigenvalue weighted by molar-refractivity contribution is 0.0254. The van der Waals surface area contributed by atoms with Gasteiger partial charge in [0, 0.05) is 49.3 Å². The van der Waals surface area contributed by atoms with Crippen LogP contribution < -0.4 is 14.8 Å². The lowest BCUT2D eigenvalue weighted by Crippen LogP contribution is -2.43. The molecule has 0 spiro atoms. The molecule has 0 bridgehead atoms. The summed E-state index contributed by atoms with van der Waals surface area (Å²) in [6, 6.07) is 17.3. The second kappa shape index (κ2) is 12.2. The Hall–Kier alpha value is -4.39. The molecule has 2 aromatic carbocycles. The van der Waals surface area contributed by atoms with Crippen LogP contribution in [0.4, 0.5) is 0 Å². The van der Waals surface area contributed by atoms with E-state index in [1.165, 1.54) is 0 Å². The van der Waals surface area contributed by atoms with Crippen LogP contribution in [0.1, 0.15) is 41.6 Å². The van der Waals surface area contributed by atoms with Crippen LogP contribution in [-0.2, 0) is 4.74 Å². The molecule has 0 aliphatic carbocycles. The first-order chi connectivity index (χ1) is 20.6. The first-order valence-electron chi connectivity index (χ1n) is 14.4. The maximum atomic E-state index is 13.3. The molecular formula is C33H34N4O5. The van der Waals surface area contributed by atoms with Crippen molar-refractivity contribution >= 4 is 17.0 Å². The number of fused-ring (bicyclic) bond motifs is 1. The van der Waals surface area contributed by atoms with Crippen molar-refractivity contribution in [2.45, 2.75) is 37.8 Å². The number of pyridine rings is 1. The van der Waals surface area contributed by atoms with Crippen LogP contribution in [0, 0.1) is 11.3 Å². The Morgan fingerprint density at radius 2 is 1.83 bits per heavy atom. The number of nitriles is 1. The summed E-state index contributed by atoms with van der Waals surface area (Å²) in [6.45, 7) is 3.16. The monoisotopic (exact) mass is 566 g/mol. The zero-order chi connectivity index (χ0) is 29.1. The van der Waals surface area contributed by atoms with Crippen LogP contribution in [0.3, 0.4) is 0 Å². The molecule has 42 heavy (non-hydrogen) atoms. The lowest BCUT2D eigenvalue weighted by atomic mass is 10.0. The first kappa shape index (κ1) is 27.8. The number of carbonyl (C=O) groups is 1. The van der Waals surface area contributed by atoms with Gasteiger partial charge in [0.2, 0.25) is 0 Å². The molecule has 1 amide bonds. The summed E-state index contributed by atoms with van der Waals surface area (Å²) in [4.78, 5) is 19.6. The van der Waals surface area contributed by atoms with Crippen molar-refractivity contribution < 1.29 is 23.4 Å². The molecule has 0 saturated carbocycles. The SMILES string of the molecule is COc1cc(C(=O)N(C)C2CCNCC2)ccc1-c1cc2nccc(-c3ccc(OC4CCOCC4)c(C#N)c3)c2o1. The van der Waals surface area contributed by atoms with Gasteiger partial charge in [-0.1, -0.05) is 6.07 Å². The average molecular weight is 567 g/mol. The van der Waals surface area contributed by atoms with Crippen molar-refractivity contribution in [3.05, 3.63) is 65.9 Å². The fourth-order valence-corrected chi connectivity index (χ4v) is 5.75. The highest BCUT2D eigenvalue weighted by Gasteiger charge is 2.25. The number of nitrogens with one attached hydrogen (secondary N) is 1. The van der Waals surface area contributed by atoms with E-state index in [-0.39, 0.29) is 18.1 Å². The predicted molar refractivity (Wildman–Crippen MR) is 159 cm³/mol. The highest BCUT2D eigenvalue weighted by Crippen LogP contribution is 2.38. The average Bonchev–Trinajstić information content (AvgIpc) is 3.49. The van der Waals surface area contributed by atoms with E-state index in [4.69, 9.17) is 18.6 Å². The third kappa shape index (κ3) is 5.56. The third-order valence-electron chi connectivity index (χ3n) is 8.18. The van der Waals surface area contributed by atoms with E-state index in [1.54, 1.807) is 19.4 Å². The largest absolute Gasteiger partial charge is 0.496 e. The van der Waals surface area contributed by atoms with Crippen LogP contribution in [-0.4, -0.2) is 68.4 Å². The summed E-state index contributed by atoms with van der Waals surface area (Å²) < 4.78 is 23.6. The first-order valence-corrected chi connectivity index (χ1v) is 14.4. The van der Waals surface area contributed by atoms with Crippen molar-refractivity contribution in [1.29, 1.82) is 5.26 Å². The van der Waals surface area contributed by atoms with E-state index in [9.17, 15) is 10.1 Å². The normalized spacial score (nSPS) is 16.2. The maximum absolute atomic E-state index is 13.3. The van der Waals surface area contributed by atoms with Gasteiger partial charge < -0.3 is 28.8 Å². The number of benzene rings is 2. The fourth-order valence-electron chi connectivity index (χ4n) is 5.75. The van der Waals surface area contributed by atoms with Crippen molar-refractivity contribution in [3.8, 4) is 40.0 Å². The molecule has 0 atom stereocenters. The number of rotatable bonds is 7. The summed E-state index contributed by atoms with van der Waals surface area (Å²) in [6.07, 6.45) is 5.25. The van der Waals surface area contributed by atoms with Crippen molar-refractivity contribution in [1.82, 2.24) is 15.2 Å². The van der Waals surface area contributed by atoms with Gasteiger partial charge in [0.25, 0.3) is 5.91 Å². The van der Waals surface area contributed by atoms with Gasteiger partial charge in [-0.3, -0.25) is 9.78 Å². The Balaban J connectivity index is 1.29. The number of piperidine rings is 1. The van der Waals surface area contributed by atoms with Crippen molar-refractivity contribution in [2.24, 2.45) is 0 Å². The Kier molecular flexibility index (Phi) is 8.08. The quantitative estimate of drug-likeness (QED) is 0.316. The lowest BCUT2D eigenvalue weighted by Gasteiger charge is -2.31. The molecule has 9 heteroatoms. The summed E-state index contributed by atoms with van der Waals surface area (Å²) in [5.41, 5.74) is 4.67. The minimum Gasteiger partial charge on any atom is -0.496 e. The topological polar surface area (TPSA) is 110 Å². The third-order valence-corrected chi connectivity index (χ3v) is 8.18. The molecule has 2 aliphatic rings. The fraction of sp³-hybridized carbons (Fsp3) is 0.364. The number of carbonyl (C=O) groups excluding carboxylic acids is 1. The standard InChI is InChI=1S/C33H34N4O5/c1-37(24-7-12-35-13-8-24)33(38)22-3-5-27(30(18-22)39-2)31-19-28-32(42-31)26(9-14-36-28)21-4-6-29(23(17-21)20-34)41-25-10-15-40-16-11-25/h3-6,9,14,17-19,24-25,35H,7-8,10-13,15-16H2,1-2H3. The summed E-state index contributed by atoms with van der Waals surface area (Å²) >= 11 is 0. The number of hydrogen-bond acceptors (Lipinski definition) is 8. The zero-order valence-corrected chi connectivity index (χ0v) is 23.9. The summed E-state index contributed by atoms with van der Waals surface area (Å²) in [7, 11) is 3.45. The highest BCUT2D eigenvalue weighted by molar-refractivity contribution is 5.96. The Morgan fingerprint density at radius 3 is 2.60 bits per heavy atom. The number of ether oxygens (including phenoxy) is 3. The second-order valence-corrected chi connectivity index (χ2v) is 10.7. The number of methoxy groups -OCH3 is 1. The van der Waals surface area contributed by atoms with Crippen molar-refractivity contribution in [2.75, 3.05) is 40.5 Å². The number of furan rings is 1. The van der Waals surface area contributed by atoms with Gasteiger partial charge in [-0.25, -0.2) is 0 Å². The van der Waals surface area contributed by atoms with Crippen LogP contribution in [0.2, 0.25) is 0 Å². The molecule has 0 unspecified atom stereocenters. The van der Waals surface area contributed by atoms with Gasteiger partial charge in [-0.2, -0.15) is 5.26 Å². The van der Waals surface area contributed by atoms with Gasteiger partial charge in [0.15, 0.2) is 5.58 Å². The molecule has 6 rings (SSSR count). The Bertz CT molecular complexity index is 1630. The van der Waals surface area contributed by atoms with E-state index >= 15 is 0 Å². The number of amides is 1. The molecule has 1 N–H and O–H groups in total. The number of nitrogens with zero attached hydrogens (tertiary/aromatic N) is 3. The molecule has 2 saturated heterocycles. The molecular weight excluding hydrogens is 532 g/mol. The molecule has 4 aromatic rings. The molecule has 2 fully saturated rings. The predicted octanol–water partition coefficient (Wildman–Crippen LogP) is 5.42. The summed E-state index contributed by atoms with van der Waals surface area (Å²) in [5.74, 6) is 1.66. The van der Waals surface area contributed by atoms with Crippen LogP contribution in [0.15, 0.2) is 59.1 Å². The molecule has 9 nitrogen and oxygen atoms in total. The molecule has 2 aliphatic heterocycles. The smallest absolute Gasteiger partial charge is 0.253 e. The van der Waals surface area contributed by atoms with E-state index in [1.807, 2.05) is 54.4 Å². The van der Waals surface area contributed by atoms with Crippen molar-refractivity contribution in [3.63, 3.8) is 0 Å². The van der Waals surface area contributed by atoms with Gasteiger partial charge in [0.05, 0.1) is 31.5 Å². The highest BCUT2D eigenvalue weighted by atomic mass is 16.5. The van der Waals surface area contributed by atoms with E-state index in [0.29, 0.717) is 52.7 Å². The van der Waals surface area contributed by atoms with Gasteiger partial charge in [-0.15, -0.1) is 0 Å². The molecule has 2 aromatic heterocycles.